The van der Waals surface area contributed by atoms with Gasteiger partial charge in [-0.1, -0.05) is 35.3 Å². The molecule has 0 atom stereocenters. The number of rotatable bonds is 2. The summed E-state index contributed by atoms with van der Waals surface area (Å²) in [6, 6.07) is 1.42. The van der Waals surface area contributed by atoms with E-state index in [0.29, 0.717) is 14.8 Å². The minimum absolute atomic E-state index is 0.0535. The minimum Gasteiger partial charge on any atom is -0.307 e. The number of carbonyl (C=O) groups is 1. The number of thiocarbonyl (C=S) groups is 1. The Morgan fingerprint density at radius 3 is 2.81 bits per heavy atom. The van der Waals surface area contributed by atoms with E-state index in [4.69, 9.17) is 12.2 Å². The number of nitrogens with zero attached hydrogens (tertiary/aromatic N) is 1. The van der Waals surface area contributed by atoms with Gasteiger partial charge in [-0.25, -0.2) is 0 Å². The molecule has 0 bridgehead atoms. The second-order valence-electron chi connectivity index (χ2n) is 2.83. The monoisotopic (exact) mass is 272 g/mol. The van der Waals surface area contributed by atoms with Crippen LogP contribution < -0.4 is 5.32 Å². The van der Waals surface area contributed by atoms with Crippen LogP contribution in [0.2, 0.25) is 0 Å². The van der Waals surface area contributed by atoms with Gasteiger partial charge in [0.25, 0.3) is 5.91 Å². The summed E-state index contributed by atoms with van der Waals surface area (Å²) in [4.78, 5) is 21.8. The molecule has 1 N–H and O–H groups in total. The van der Waals surface area contributed by atoms with Crippen molar-refractivity contribution < 1.29 is 9.72 Å². The highest BCUT2D eigenvalue weighted by Gasteiger charge is 2.22. The molecule has 16 heavy (non-hydrogen) atoms. The molecule has 1 amide bonds. The standard InChI is InChI=1S/C8H4N2O3S3/c11-7-5(16-8(14)9-7)1-4-2-6(10(12)13)15-3-4/h1-3H,(H,9,11,14)/b5-1+. The number of nitro groups is 1. The lowest BCUT2D eigenvalue weighted by Crippen LogP contribution is -2.17. The summed E-state index contributed by atoms with van der Waals surface area (Å²) in [5.41, 5.74) is 0.638. The molecule has 0 aliphatic carbocycles. The summed E-state index contributed by atoms with van der Waals surface area (Å²) in [5.74, 6) is -0.260. The van der Waals surface area contributed by atoms with Crippen molar-refractivity contribution in [1.82, 2.24) is 5.32 Å². The Labute approximate surface area is 104 Å². The Kier molecular flexibility index (Phi) is 3.03. The third-order valence-electron chi connectivity index (χ3n) is 1.73. The molecule has 1 fully saturated rings. The van der Waals surface area contributed by atoms with Crippen LogP contribution in [0.1, 0.15) is 5.56 Å². The van der Waals surface area contributed by atoms with Crippen LogP contribution >= 0.6 is 35.3 Å². The molecule has 1 aromatic heterocycles. The van der Waals surface area contributed by atoms with E-state index in [1.165, 1.54) is 6.07 Å². The number of carbonyl (C=O) groups excluding carboxylic acids is 1. The maximum absolute atomic E-state index is 11.3. The van der Waals surface area contributed by atoms with Gasteiger partial charge >= 0.3 is 5.00 Å². The van der Waals surface area contributed by atoms with Crippen LogP contribution in [0.5, 0.6) is 0 Å². The zero-order valence-corrected chi connectivity index (χ0v) is 10.1. The van der Waals surface area contributed by atoms with Gasteiger partial charge in [0.15, 0.2) is 0 Å². The van der Waals surface area contributed by atoms with E-state index in [0.717, 1.165) is 23.1 Å². The molecule has 2 rings (SSSR count). The molecule has 0 radical (unpaired) electrons. The highest BCUT2D eigenvalue weighted by atomic mass is 32.2. The van der Waals surface area contributed by atoms with E-state index in [1.54, 1.807) is 11.5 Å². The average molecular weight is 272 g/mol. The smallest absolute Gasteiger partial charge is 0.307 e. The van der Waals surface area contributed by atoms with Gasteiger partial charge in [0.1, 0.15) is 4.32 Å². The van der Waals surface area contributed by atoms with E-state index in [-0.39, 0.29) is 10.9 Å². The molecule has 0 saturated carbocycles. The van der Waals surface area contributed by atoms with Crippen molar-refractivity contribution in [2.45, 2.75) is 0 Å². The van der Waals surface area contributed by atoms with Crippen molar-refractivity contribution in [2.24, 2.45) is 0 Å². The normalized spacial score (nSPS) is 17.9. The lowest BCUT2D eigenvalue weighted by molar-refractivity contribution is -0.380. The van der Waals surface area contributed by atoms with E-state index < -0.39 is 4.92 Å². The predicted octanol–water partition coefficient (Wildman–Crippen LogP) is 2.15. The van der Waals surface area contributed by atoms with Crippen molar-refractivity contribution in [3.63, 3.8) is 0 Å². The number of thiophene rings is 1. The SMILES string of the molecule is O=C1NC(=S)S/C1=C/c1csc([N+](=O)[O-])c1. The van der Waals surface area contributed by atoms with E-state index >= 15 is 0 Å². The van der Waals surface area contributed by atoms with Crippen molar-refractivity contribution in [3.8, 4) is 0 Å². The van der Waals surface area contributed by atoms with E-state index in [1.807, 2.05) is 0 Å². The molecule has 1 aliphatic heterocycles. The van der Waals surface area contributed by atoms with Crippen LogP contribution in [0.25, 0.3) is 6.08 Å². The Bertz CT molecular complexity index is 520. The molecule has 0 unspecified atom stereocenters. The fraction of sp³-hybridized carbons (Fsp3) is 0. The van der Waals surface area contributed by atoms with Crippen molar-refractivity contribution in [3.05, 3.63) is 32.0 Å². The number of hydrogen-bond acceptors (Lipinski definition) is 6. The average Bonchev–Trinajstić information content (AvgIpc) is 2.75. The lowest BCUT2D eigenvalue weighted by Gasteiger charge is -1.88. The Morgan fingerprint density at radius 2 is 2.31 bits per heavy atom. The highest BCUT2D eigenvalue weighted by molar-refractivity contribution is 8.26. The third-order valence-corrected chi connectivity index (χ3v) is 3.79. The van der Waals surface area contributed by atoms with Crippen LogP contribution in [-0.2, 0) is 4.79 Å². The number of amides is 1. The summed E-state index contributed by atoms with van der Waals surface area (Å²) >= 11 is 7.00. The van der Waals surface area contributed by atoms with E-state index in [2.05, 4.69) is 5.32 Å². The molecule has 1 aliphatic rings. The lowest BCUT2D eigenvalue weighted by atomic mass is 10.3. The first-order valence-corrected chi connectivity index (χ1v) is 6.14. The molecular formula is C8H4N2O3S3. The fourth-order valence-electron chi connectivity index (χ4n) is 1.08. The first kappa shape index (κ1) is 11.2. The van der Waals surface area contributed by atoms with Gasteiger partial charge in [-0.2, -0.15) is 0 Å². The quantitative estimate of drug-likeness (QED) is 0.386. The second kappa shape index (κ2) is 4.32. The molecule has 5 nitrogen and oxygen atoms in total. The molecule has 0 spiro atoms. The van der Waals surface area contributed by atoms with Gasteiger partial charge in [0, 0.05) is 11.4 Å². The van der Waals surface area contributed by atoms with Crippen LogP contribution in [0.4, 0.5) is 5.00 Å². The maximum Gasteiger partial charge on any atom is 0.324 e. The van der Waals surface area contributed by atoms with Gasteiger partial charge in [-0.3, -0.25) is 14.9 Å². The highest BCUT2D eigenvalue weighted by Crippen LogP contribution is 2.29. The zero-order chi connectivity index (χ0) is 11.7. The number of nitrogens with one attached hydrogen (secondary N) is 1. The zero-order valence-electron chi connectivity index (χ0n) is 7.63. The predicted molar refractivity (Wildman–Crippen MR) is 67.3 cm³/mol. The Morgan fingerprint density at radius 1 is 1.56 bits per heavy atom. The van der Waals surface area contributed by atoms with Crippen LogP contribution in [-0.4, -0.2) is 15.2 Å². The second-order valence-corrected chi connectivity index (χ2v) is 5.44. The largest absolute Gasteiger partial charge is 0.324 e. The first-order chi connectivity index (χ1) is 7.56. The molecule has 0 aromatic carbocycles. The van der Waals surface area contributed by atoms with Crippen molar-refractivity contribution >= 4 is 56.6 Å². The molecule has 2 heterocycles. The summed E-state index contributed by atoms with van der Waals surface area (Å²) in [5, 5.41) is 14.6. The maximum atomic E-state index is 11.3. The van der Waals surface area contributed by atoms with Gasteiger partial charge in [-0.15, -0.1) is 0 Å². The summed E-state index contributed by atoms with van der Waals surface area (Å²) < 4.78 is 0.404. The van der Waals surface area contributed by atoms with Gasteiger partial charge in [0.05, 0.1) is 9.83 Å². The topological polar surface area (TPSA) is 72.2 Å². The van der Waals surface area contributed by atoms with Gasteiger partial charge in [0.2, 0.25) is 0 Å². The number of thioether (sulfide) groups is 1. The van der Waals surface area contributed by atoms with E-state index in [9.17, 15) is 14.9 Å². The van der Waals surface area contributed by atoms with Gasteiger partial charge < -0.3 is 5.32 Å². The van der Waals surface area contributed by atoms with Gasteiger partial charge in [-0.05, 0) is 11.6 Å². The minimum atomic E-state index is -0.459. The van der Waals surface area contributed by atoms with Crippen molar-refractivity contribution in [1.29, 1.82) is 0 Å². The summed E-state index contributed by atoms with van der Waals surface area (Å²) in [6.07, 6.45) is 1.59. The first-order valence-electron chi connectivity index (χ1n) is 4.04. The molecule has 1 aromatic rings. The van der Waals surface area contributed by atoms with Crippen LogP contribution in [0.3, 0.4) is 0 Å². The third kappa shape index (κ3) is 2.29. The van der Waals surface area contributed by atoms with Crippen LogP contribution in [0.15, 0.2) is 16.4 Å². The summed E-state index contributed by atoms with van der Waals surface area (Å²) in [7, 11) is 0. The Balaban J connectivity index is 2.26. The molecule has 8 heteroatoms. The molecule has 1 saturated heterocycles. The summed E-state index contributed by atoms with van der Waals surface area (Å²) in [6.45, 7) is 0. The molecule has 82 valence electrons. The number of hydrogen-bond donors (Lipinski definition) is 1. The van der Waals surface area contributed by atoms with Crippen LogP contribution in [0, 0.1) is 10.1 Å². The fourth-order valence-corrected chi connectivity index (χ4v) is 2.81. The van der Waals surface area contributed by atoms with Crippen molar-refractivity contribution in [2.75, 3.05) is 0 Å². The molecular weight excluding hydrogens is 268 g/mol. The Hall–Kier alpha value is -1.25.